The molecule has 2 aliphatic rings. The van der Waals surface area contributed by atoms with E-state index in [0.717, 1.165) is 62.7 Å². The van der Waals surface area contributed by atoms with Crippen LogP contribution in [0.3, 0.4) is 0 Å². The van der Waals surface area contributed by atoms with Crippen molar-refractivity contribution in [1.29, 1.82) is 0 Å². The average Bonchev–Trinajstić information content (AvgIpc) is 2.93. The van der Waals surface area contributed by atoms with Gasteiger partial charge >= 0.3 is 0 Å². The molecule has 1 saturated heterocycles. The Morgan fingerprint density at radius 3 is 2.39 bits per heavy atom. The van der Waals surface area contributed by atoms with Crippen LogP contribution in [0.2, 0.25) is 4.34 Å². The van der Waals surface area contributed by atoms with Crippen LogP contribution in [0.25, 0.3) is 0 Å². The molecule has 0 radical (unpaired) electrons. The van der Waals surface area contributed by atoms with Crippen LogP contribution in [0.5, 0.6) is 0 Å². The molecule has 0 spiro atoms. The lowest BCUT2D eigenvalue weighted by atomic mass is 9.74. The van der Waals surface area contributed by atoms with Crippen molar-refractivity contribution in [3.63, 3.8) is 0 Å². The quantitative estimate of drug-likeness (QED) is 0.802. The molecular weight excluding hydrogens is 375 g/mol. The Balaban J connectivity index is 0.00000132. The third-order valence-corrected chi connectivity index (χ3v) is 6.30. The molecule has 23 heavy (non-hydrogen) atoms. The molecule has 0 amide bonds. The molecule has 3 rings (SSSR count). The van der Waals surface area contributed by atoms with E-state index in [0.29, 0.717) is 0 Å². The van der Waals surface area contributed by atoms with E-state index >= 15 is 0 Å². The SMILES string of the molecule is Cl.Cl.OC1(C(CN2CCNCC2)c2ccc(Cl)s2)CCCCC1. The zero-order valence-corrected chi connectivity index (χ0v) is 16.5. The number of nitrogens with zero attached hydrogens (tertiary/aromatic N) is 1. The summed E-state index contributed by atoms with van der Waals surface area (Å²) in [7, 11) is 0. The van der Waals surface area contributed by atoms with Gasteiger partial charge in [0.15, 0.2) is 0 Å². The van der Waals surface area contributed by atoms with E-state index in [4.69, 9.17) is 11.6 Å². The van der Waals surface area contributed by atoms with Crippen LogP contribution >= 0.6 is 47.8 Å². The zero-order chi connectivity index (χ0) is 14.7. The maximum Gasteiger partial charge on any atom is 0.0931 e. The summed E-state index contributed by atoms with van der Waals surface area (Å²) in [5, 5.41) is 14.6. The Kier molecular flexibility index (Phi) is 9.17. The Bertz CT molecular complexity index is 460. The smallest absolute Gasteiger partial charge is 0.0931 e. The summed E-state index contributed by atoms with van der Waals surface area (Å²) in [6.07, 6.45) is 5.41. The van der Waals surface area contributed by atoms with Gasteiger partial charge in [-0.15, -0.1) is 36.2 Å². The van der Waals surface area contributed by atoms with Crippen molar-refractivity contribution in [1.82, 2.24) is 10.2 Å². The first-order chi connectivity index (χ1) is 10.2. The summed E-state index contributed by atoms with van der Waals surface area (Å²) in [5.74, 6) is 0.202. The fourth-order valence-electron chi connectivity index (χ4n) is 3.70. The Labute approximate surface area is 160 Å². The summed E-state index contributed by atoms with van der Waals surface area (Å²) in [6.45, 7) is 5.21. The molecular formula is C16H27Cl3N2OS. The fraction of sp³-hybridized carbons (Fsp3) is 0.750. The number of aliphatic hydroxyl groups is 1. The average molecular weight is 402 g/mol. The van der Waals surface area contributed by atoms with Crippen LogP contribution in [-0.4, -0.2) is 48.3 Å². The predicted octanol–water partition coefficient (Wildman–Crippen LogP) is 3.93. The molecule has 2 fully saturated rings. The molecule has 1 aliphatic heterocycles. The van der Waals surface area contributed by atoms with Crippen molar-refractivity contribution in [2.24, 2.45) is 0 Å². The normalized spacial score (nSPS) is 22.7. The van der Waals surface area contributed by atoms with E-state index in [9.17, 15) is 5.11 Å². The summed E-state index contributed by atoms with van der Waals surface area (Å²) >= 11 is 7.78. The highest BCUT2D eigenvalue weighted by atomic mass is 35.5. The first-order valence-electron chi connectivity index (χ1n) is 8.08. The Morgan fingerprint density at radius 2 is 1.83 bits per heavy atom. The van der Waals surface area contributed by atoms with Crippen molar-refractivity contribution in [2.75, 3.05) is 32.7 Å². The molecule has 1 atom stereocenters. The van der Waals surface area contributed by atoms with Crippen LogP contribution in [0.1, 0.15) is 42.9 Å². The van der Waals surface area contributed by atoms with Crippen LogP contribution in [0, 0.1) is 0 Å². The zero-order valence-electron chi connectivity index (χ0n) is 13.3. The highest BCUT2D eigenvalue weighted by molar-refractivity contribution is 7.16. The van der Waals surface area contributed by atoms with Gasteiger partial charge in [0, 0.05) is 43.5 Å². The highest BCUT2D eigenvalue weighted by Crippen LogP contribution is 2.43. The van der Waals surface area contributed by atoms with Gasteiger partial charge in [0.1, 0.15) is 0 Å². The van der Waals surface area contributed by atoms with E-state index in [-0.39, 0.29) is 30.7 Å². The second-order valence-corrected chi connectivity index (χ2v) is 8.16. The third kappa shape index (κ3) is 5.46. The van der Waals surface area contributed by atoms with Crippen LogP contribution in [0.4, 0.5) is 0 Å². The molecule has 3 nitrogen and oxygen atoms in total. The number of thiophene rings is 1. The molecule has 1 saturated carbocycles. The van der Waals surface area contributed by atoms with Gasteiger partial charge in [-0.05, 0) is 25.0 Å². The van der Waals surface area contributed by atoms with Gasteiger partial charge in [0.2, 0.25) is 0 Å². The van der Waals surface area contributed by atoms with Crippen molar-refractivity contribution in [3.8, 4) is 0 Å². The highest BCUT2D eigenvalue weighted by Gasteiger charge is 2.40. The molecule has 1 aromatic heterocycles. The lowest BCUT2D eigenvalue weighted by Gasteiger charge is -2.42. The monoisotopic (exact) mass is 400 g/mol. The first-order valence-corrected chi connectivity index (χ1v) is 9.27. The summed E-state index contributed by atoms with van der Waals surface area (Å²) in [4.78, 5) is 3.74. The molecule has 134 valence electrons. The minimum atomic E-state index is -0.544. The number of hydrogen-bond donors (Lipinski definition) is 2. The standard InChI is InChI=1S/C16H25ClN2OS.2ClH/c17-15-5-4-14(21-15)13(12-19-10-8-18-9-11-19)16(20)6-2-1-3-7-16;;/h4-5,13,18,20H,1-3,6-12H2;2*1H. The summed E-state index contributed by atoms with van der Waals surface area (Å²) in [5.41, 5.74) is -0.544. The summed E-state index contributed by atoms with van der Waals surface area (Å²) < 4.78 is 0.828. The second kappa shape index (κ2) is 9.81. The number of nitrogens with one attached hydrogen (secondary N) is 1. The molecule has 2 N–H and O–H groups in total. The summed E-state index contributed by atoms with van der Waals surface area (Å²) in [6, 6.07) is 4.09. The van der Waals surface area contributed by atoms with Crippen LogP contribution in [0.15, 0.2) is 12.1 Å². The van der Waals surface area contributed by atoms with Gasteiger partial charge in [-0.3, -0.25) is 0 Å². The molecule has 1 unspecified atom stereocenters. The molecule has 2 heterocycles. The van der Waals surface area contributed by atoms with Gasteiger partial charge in [-0.1, -0.05) is 30.9 Å². The van der Waals surface area contributed by atoms with Gasteiger partial charge in [-0.25, -0.2) is 0 Å². The number of piperazine rings is 1. The lowest BCUT2D eigenvalue weighted by molar-refractivity contribution is -0.0306. The fourth-order valence-corrected chi connectivity index (χ4v) is 4.97. The number of halogens is 3. The van der Waals surface area contributed by atoms with Crippen molar-refractivity contribution in [3.05, 3.63) is 21.3 Å². The van der Waals surface area contributed by atoms with E-state index in [1.54, 1.807) is 11.3 Å². The van der Waals surface area contributed by atoms with Gasteiger partial charge in [0.05, 0.1) is 9.94 Å². The van der Waals surface area contributed by atoms with Crippen molar-refractivity contribution < 1.29 is 5.11 Å². The van der Waals surface area contributed by atoms with E-state index < -0.39 is 5.60 Å². The first kappa shape index (κ1) is 21.5. The molecule has 0 aromatic carbocycles. The minimum absolute atomic E-state index is 0. The third-order valence-electron chi connectivity index (χ3n) is 4.96. The maximum atomic E-state index is 11.2. The minimum Gasteiger partial charge on any atom is -0.389 e. The van der Waals surface area contributed by atoms with Crippen LogP contribution in [-0.2, 0) is 0 Å². The molecule has 7 heteroatoms. The van der Waals surface area contributed by atoms with Crippen LogP contribution < -0.4 is 5.32 Å². The van der Waals surface area contributed by atoms with E-state index in [1.807, 2.05) is 6.07 Å². The molecule has 1 aromatic rings. The Morgan fingerprint density at radius 1 is 1.17 bits per heavy atom. The van der Waals surface area contributed by atoms with Gasteiger partial charge in [0.25, 0.3) is 0 Å². The van der Waals surface area contributed by atoms with E-state index in [2.05, 4.69) is 16.3 Å². The maximum absolute atomic E-state index is 11.2. The van der Waals surface area contributed by atoms with Gasteiger partial charge in [-0.2, -0.15) is 0 Å². The predicted molar refractivity (Wildman–Crippen MR) is 104 cm³/mol. The molecule has 0 bridgehead atoms. The topological polar surface area (TPSA) is 35.5 Å². The second-order valence-electron chi connectivity index (χ2n) is 6.41. The van der Waals surface area contributed by atoms with Crippen molar-refractivity contribution in [2.45, 2.75) is 43.6 Å². The van der Waals surface area contributed by atoms with Crippen molar-refractivity contribution >= 4 is 47.8 Å². The lowest BCUT2D eigenvalue weighted by Crippen LogP contribution is -2.49. The number of rotatable bonds is 4. The Hall–Kier alpha value is 0.450. The molecule has 1 aliphatic carbocycles. The van der Waals surface area contributed by atoms with Gasteiger partial charge < -0.3 is 15.3 Å². The largest absolute Gasteiger partial charge is 0.389 e. The van der Waals surface area contributed by atoms with E-state index in [1.165, 1.54) is 11.3 Å². The number of hydrogen-bond acceptors (Lipinski definition) is 4.